The van der Waals surface area contributed by atoms with Crippen LogP contribution in [0, 0.1) is 5.82 Å². The summed E-state index contributed by atoms with van der Waals surface area (Å²) >= 11 is 0. The summed E-state index contributed by atoms with van der Waals surface area (Å²) in [5.41, 5.74) is -0.821. The van der Waals surface area contributed by atoms with Crippen LogP contribution in [0.3, 0.4) is 0 Å². The fraction of sp³-hybridized carbons (Fsp3) is 0.500. The molecule has 0 saturated carbocycles. The van der Waals surface area contributed by atoms with E-state index >= 15 is 0 Å². The van der Waals surface area contributed by atoms with Crippen LogP contribution in [0.1, 0.15) is 42.8 Å². The summed E-state index contributed by atoms with van der Waals surface area (Å²) in [7, 11) is 1.14. The quantitative estimate of drug-likeness (QED) is 0.700. The first-order valence-corrected chi connectivity index (χ1v) is 7.25. The van der Waals surface area contributed by atoms with E-state index in [9.17, 15) is 24.2 Å². The first kappa shape index (κ1) is 19.9. The molecule has 3 N–H and O–H groups in total. The van der Waals surface area contributed by atoms with Crippen molar-refractivity contribution >= 4 is 12.1 Å². The second kappa shape index (κ2) is 8.07. The summed E-state index contributed by atoms with van der Waals surface area (Å²) in [5, 5.41) is 22.3. The van der Waals surface area contributed by atoms with E-state index in [1.54, 1.807) is 20.8 Å². The van der Waals surface area contributed by atoms with Crippen molar-refractivity contribution in [2.45, 2.75) is 38.6 Å². The number of esters is 1. The Balaban J connectivity index is 2.75. The predicted molar refractivity (Wildman–Crippen MR) is 82.9 cm³/mol. The Morgan fingerprint density at radius 1 is 1.25 bits per heavy atom. The smallest absolute Gasteiger partial charge is 0.407 e. The van der Waals surface area contributed by atoms with Crippen LogP contribution in [-0.4, -0.2) is 47.6 Å². The van der Waals surface area contributed by atoms with Gasteiger partial charge < -0.3 is 25.0 Å². The van der Waals surface area contributed by atoms with Crippen molar-refractivity contribution < 1.29 is 33.7 Å². The minimum absolute atomic E-state index is 0.0195. The number of hydrogen-bond acceptors (Lipinski definition) is 6. The third-order valence-corrected chi connectivity index (χ3v) is 2.90. The van der Waals surface area contributed by atoms with Crippen LogP contribution in [0.4, 0.5) is 9.18 Å². The number of methoxy groups -OCH3 is 1. The Morgan fingerprint density at radius 3 is 2.42 bits per heavy atom. The molecular formula is C16H22FNO6. The molecule has 0 aliphatic heterocycles. The lowest BCUT2D eigenvalue weighted by Gasteiger charge is -2.22. The van der Waals surface area contributed by atoms with Gasteiger partial charge in [0.25, 0.3) is 0 Å². The maximum absolute atomic E-state index is 13.6. The molecular weight excluding hydrogens is 321 g/mol. The number of aliphatic hydroxyl groups is 2. The molecule has 0 aliphatic carbocycles. The van der Waals surface area contributed by atoms with E-state index in [-0.39, 0.29) is 17.7 Å². The molecule has 0 radical (unpaired) electrons. The number of amides is 1. The molecule has 0 heterocycles. The number of hydrogen-bond donors (Lipinski definition) is 3. The van der Waals surface area contributed by atoms with Crippen LogP contribution >= 0.6 is 0 Å². The zero-order valence-corrected chi connectivity index (χ0v) is 14.0. The van der Waals surface area contributed by atoms with Crippen molar-refractivity contribution in [2.24, 2.45) is 0 Å². The number of nitrogens with one attached hydrogen (secondary N) is 1. The van der Waals surface area contributed by atoms with Gasteiger partial charge in [-0.3, -0.25) is 0 Å². The highest BCUT2D eigenvalue weighted by atomic mass is 19.1. The maximum atomic E-state index is 13.6. The SMILES string of the molecule is COC(=O)c1cc(F)cc(C(O)C(O)CNC(=O)OC(C)(C)C)c1. The molecule has 8 heteroatoms. The Bertz CT molecular complexity index is 599. The average Bonchev–Trinajstić information content (AvgIpc) is 2.48. The zero-order valence-electron chi connectivity index (χ0n) is 14.0. The normalized spacial score (nSPS) is 13.8. The highest BCUT2D eigenvalue weighted by molar-refractivity contribution is 5.89. The van der Waals surface area contributed by atoms with E-state index in [1.165, 1.54) is 6.07 Å². The maximum Gasteiger partial charge on any atom is 0.407 e. The fourth-order valence-electron chi connectivity index (χ4n) is 1.85. The lowest BCUT2D eigenvalue weighted by Crippen LogP contribution is -2.38. The number of halogens is 1. The summed E-state index contributed by atoms with van der Waals surface area (Å²) in [6.45, 7) is 4.72. The molecule has 0 fully saturated rings. The third kappa shape index (κ3) is 6.13. The Kier molecular flexibility index (Phi) is 6.68. The molecule has 1 aromatic carbocycles. The number of carbonyl (C=O) groups excluding carboxylic acids is 2. The van der Waals surface area contributed by atoms with E-state index in [0.29, 0.717) is 0 Å². The molecule has 1 amide bonds. The third-order valence-electron chi connectivity index (χ3n) is 2.90. The fourth-order valence-corrected chi connectivity index (χ4v) is 1.85. The number of rotatable bonds is 5. The molecule has 1 rings (SSSR count). The monoisotopic (exact) mass is 343 g/mol. The highest BCUT2D eigenvalue weighted by Gasteiger charge is 2.23. The van der Waals surface area contributed by atoms with Crippen LogP contribution in [-0.2, 0) is 9.47 Å². The number of ether oxygens (including phenoxy) is 2. The Hall–Kier alpha value is -2.19. The van der Waals surface area contributed by atoms with E-state index in [0.717, 1.165) is 19.2 Å². The van der Waals surface area contributed by atoms with Crippen molar-refractivity contribution in [3.8, 4) is 0 Å². The summed E-state index contributed by atoms with van der Waals surface area (Å²) in [5.74, 6) is -1.54. The molecule has 7 nitrogen and oxygen atoms in total. The van der Waals surface area contributed by atoms with Crippen LogP contribution < -0.4 is 5.32 Å². The number of alkyl carbamates (subject to hydrolysis) is 1. The molecule has 0 bridgehead atoms. The highest BCUT2D eigenvalue weighted by Crippen LogP contribution is 2.20. The summed E-state index contributed by atoms with van der Waals surface area (Å²) in [6.07, 6.45) is -3.70. The average molecular weight is 343 g/mol. The molecule has 134 valence electrons. The van der Waals surface area contributed by atoms with Crippen molar-refractivity contribution in [2.75, 3.05) is 13.7 Å². The number of carbonyl (C=O) groups is 2. The van der Waals surface area contributed by atoms with Gasteiger partial charge in [0.1, 0.15) is 23.6 Å². The molecule has 0 saturated heterocycles. The van der Waals surface area contributed by atoms with Crippen molar-refractivity contribution in [1.82, 2.24) is 5.32 Å². The Labute approximate surface area is 139 Å². The van der Waals surface area contributed by atoms with Crippen molar-refractivity contribution in [3.05, 3.63) is 35.1 Å². The van der Waals surface area contributed by atoms with Gasteiger partial charge in [0.15, 0.2) is 0 Å². The summed E-state index contributed by atoms with van der Waals surface area (Å²) < 4.78 is 23.0. The van der Waals surface area contributed by atoms with Gasteiger partial charge in [0.05, 0.1) is 12.7 Å². The van der Waals surface area contributed by atoms with Gasteiger partial charge in [-0.25, -0.2) is 14.0 Å². The predicted octanol–water partition coefficient (Wildman–Crippen LogP) is 1.53. The van der Waals surface area contributed by atoms with Crippen LogP contribution in [0.15, 0.2) is 18.2 Å². The van der Waals surface area contributed by atoms with E-state index in [2.05, 4.69) is 10.1 Å². The van der Waals surface area contributed by atoms with Crippen molar-refractivity contribution in [1.29, 1.82) is 0 Å². The summed E-state index contributed by atoms with van der Waals surface area (Å²) in [6, 6.07) is 3.14. The van der Waals surface area contributed by atoms with E-state index in [4.69, 9.17) is 4.74 Å². The molecule has 0 aromatic heterocycles. The lowest BCUT2D eigenvalue weighted by molar-refractivity contribution is 0.0127. The van der Waals surface area contributed by atoms with Gasteiger partial charge in [0.2, 0.25) is 0 Å². The van der Waals surface area contributed by atoms with E-state index < -0.39 is 35.7 Å². The standard InChI is InChI=1S/C16H22FNO6/c1-16(2,3)24-15(22)18-8-12(19)13(20)9-5-10(14(21)23-4)7-11(17)6-9/h5-7,12-13,19-20H,8H2,1-4H3,(H,18,22). The molecule has 2 atom stereocenters. The van der Waals surface area contributed by atoms with Crippen LogP contribution in [0.2, 0.25) is 0 Å². The molecule has 0 aliphatic rings. The zero-order chi connectivity index (χ0) is 18.5. The number of benzene rings is 1. The second-order valence-corrected chi connectivity index (χ2v) is 6.16. The van der Waals surface area contributed by atoms with Gasteiger partial charge in [-0.2, -0.15) is 0 Å². The van der Waals surface area contributed by atoms with Gasteiger partial charge in [-0.1, -0.05) is 0 Å². The van der Waals surface area contributed by atoms with Gasteiger partial charge in [-0.15, -0.1) is 0 Å². The largest absolute Gasteiger partial charge is 0.465 e. The van der Waals surface area contributed by atoms with Crippen LogP contribution in [0.5, 0.6) is 0 Å². The first-order valence-electron chi connectivity index (χ1n) is 7.25. The number of aliphatic hydroxyl groups excluding tert-OH is 2. The first-order chi connectivity index (χ1) is 11.0. The van der Waals surface area contributed by atoms with E-state index in [1.807, 2.05) is 0 Å². The molecule has 0 spiro atoms. The molecule has 1 aromatic rings. The molecule has 2 unspecified atom stereocenters. The minimum atomic E-state index is -1.51. The summed E-state index contributed by atoms with van der Waals surface area (Å²) in [4.78, 5) is 23.0. The van der Waals surface area contributed by atoms with Gasteiger partial charge in [-0.05, 0) is 44.5 Å². The second-order valence-electron chi connectivity index (χ2n) is 6.16. The lowest BCUT2D eigenvalue weighted by atomic mass is 10.0. The van der Waals surface area contributed by atoms with Gasteiger partial charge in [0, 0.05) is 6.54 Å². The Morgan fingerprint density at radius 2 is 1.88 bits per heavy atom. The van der Waals surface area contributed by atoms with Crippen LogP contribution in [0.25, 0.3) is 0 Å². The molecule has 24 heavy (non-hydrogen) atoms. The topological polar surface area (TPSA) is 105 Å². The van der Waals surface area contributed by atoms with Gasteiger partial charge >= 0.3 is 12.1 Å². The van der Waals surface area contributed by atoms with Crippen molar-refractivity contribution in [3.63, 3.8) is 0 Å². The minimum Gasteiger partial charge on any atom is -0.465 e.